The maximum absolute atomic E-state index is 6.92. The van der Waals surface area contributed by atoms with E-state index in [1.807, 2.05) is 0 Å². The van der Waals surface area contributed by atoms with Gasteiger partial charge < -0.3 is 9.47 Å². The Hall–Kier alpha value is -0.0800. The molecule has 0 aromatic carbocycles. The summed E-state index contributed by atoms with van der Waals surface area (Å²) >= 11 is 0. The lowest BCUT2D eigenvalue weighted by Crippen LogP contribution is -2.54. The molecule has 0 bridgehead atoms. The first-order chi connectivity index (χ1) is 13.9. The topological polar surface area (TPSA) is 18.5 Å². The lowest BCUT2D eigenvalue weighted by molar-refractivity contribution is -0.273. The Labute approximate surface area is 178 Å². The summed E-state index contributed by atoms with van der Waals surface area (Å²) in [5.74, 6) is 5.62. The van der Waals surface area contributed by atoms with E-state index in [9.17, 15) is 0 Å². The van der Waals surface area contributed by atoms with E-state index < -0.39 is 0 Å². The van der Waals surface area contributed by atoms with Crippen LogP contribution in [-0.2, 0) is 9.47 Å². The van der Waals surface area contributed by atoms with Gasteiger partial charge in [0.25, 0.3) is 0 Å². The average Bonchev–Trinajstić information content (AvgIpc) is 3.15. The van der Waals surface area contributed by atoms with Crippen molar-refractivity contribution in [3.63, 3.8) is 0 Å². The van der Waals surface area contributed by atoms with Gasteiger partial charge in [-0.3, -0.25) is 0 Å². The Morgan fingerprint density at radius 2 is 1.66 bits per heavy atom. The van der Waals surface area contributed by atoms with Crippen molar-refractivity contribution >= 4 is 0 Å². The van der Waals surface area contributed by atoms with Crippen LogP contribution in [0.2, 0.25) is 0 Å². The summed E-state index contributed by atoms with van der Waals surface area (Å²) in [6, 6.07) is 0. The lowest BCUT2D eigenvalue weighted by Gasteiger charge is -2.61. The molecule has 2 heteroatoms. The molecule has 2 saturated heterocycles. The molecular weight excluding hydrogens is 356 g/mol. The normalized spacial score (nSPS) is 61.7. The van der Waals surface area contributed by atoms with Crippen molar-refractivity contribution in [3.8, 4) is 0 Å². The predicted molar refractivity (Wildman–Crippen MR) is 116 cm³/mol. The predicted octanol–water partition coefficient (Wildman–Crippen LogP) is 6.82. The molecule has 0 aromatic rings. The zero-order valence-electron chi connectivity index (χ0n) is 19.4. The molecule has 4 saturated carbocycles. The van der Waals surface area contributed by atoms with Gasteiger partial charge in [0.05, 0.1) is 12.7 Å². The van der Waals surface area contributed by atoms with Crippen molar-refractivity contribution in [1.29, 1.82) is 0 Å². The molecule has 1 unspecified atom stereocenters. The molecule has 11 atom stereocenters. The van der Waals surface area contributed by atoms with Crippen LogP contribution in [0.3, 0.4) is 0 Å². The van der Waals surface area contributed by atoms with E-state index in [-0.39, 0.29) is 5.79 Å². The smallest absolute Gasteiger partial charge is 0.171 e. The second-order valence-electron chi connectivity index (χ2n) is 12.9. The number of hydrogen-bond acceptors (Lipinski definition) is 2. The van der Waals surface area contributed by atoms with Gasteiger partial charge in [-0.25, -0.2) is 0 Å². The van der Waals surface area contributed by atoms with Gasteiger partial charge in [0, 0.05) is 12.3 Å². The first-order valence-electron chi connectivity index (χ1n) is 13.2. The van der Waals surface area contributed by atoms with Gasteiger partial charge in [-0.2, -0.15) is 0 Å². The summed E-state index contributed by atoms with van der Waals surface area (Å²) in [6.07, 6.45) is 16.2. The summed E-state index contributed by atoms with van der Waals surface area (Å²) < 4.78 is 13.4. The second-order valence-corrected chi connectivity index (χ2v) is 12.9. The van der Waals surface area contributed by atoms with Gasteiger partial charge in [-0.1, -0.05) is 40.5 Å². The SMILES string of the molecule is C[C@H]1CC[C@@]2(OC1)O[C@H]1C[C@H]3[C@@H]4CC[C@@H]5CCCC[C@]5(C)C4CC[C@]3(C)[C@H]1[C@@H]2C. The second kappa shape index (κ2) is 6.47. The Morgan fingerprint density at radius 3 is 2.45 bits per heavy atom. The maximum atomic E-state index is 6.92. The molecule has 2 nitrogen and oxygen atoms in total. The van der Waals surface area contributed by atoms with Gasteiger partial charge in [0.15, 0.2) is 5.79 Å². The Morgan fingerprint density at radius 1 is 0.793 bits per heavy atom. The molecule has 6 fully saturated rings. The van der Waals surface area contributed by atoms with Gasteiger partial charge in [-0.05, 0) is 97.7 Å². The third kappa shape index (κ3) is 2.54. The van der Waals surface area contributed by atoms with E-state index in [1.54, 1.807) is 0 Å². The van der Waals surface area contributed by atoms with Crippen LogP contribution in [0.15, 0.2) is 0 Å². The minimum atomic E-state index is -0.250. The van der Waals surface area contributed by atoms with Crippen molar-refractivity contribution in [2.45, 2.75) is 110 Å². The number of fused-ring (bicyclic) bond motifs is 7. The number of hydrogen-bond donors (Lipinski definition) is 0. The molecule has 0 aromatic heterocycles. The van der Waals surface area contributed by atoms with Crippen molar-refractivity contribution < 1.29 is 9.47 Å². The Balaban J connectivity index is 1.27. The number of ether oxygens (including phenoxy) is 2. The minimum Gasteiger partial charge on any atom is -0.349 e. The lowest BCUT2D eigenvalue weighted by atomic mass is 9.44. The summed E-state index contributed by atoms with van der Waals surface area (Å²) in [7, 11) is 0. The summed E-state index contributed by atoms with van der Waals surface area (Å²) in [6.45, 7) is 11.1. The zero-order valence-corrected chi connectivity index (χ0v) is 19.4. The van der Waals surface area contributed by atoms with Crippen LogP contribution in [0.25, 0.3) is 0 Å². The van der Waals surface area contributed by atoms with Crippen LogP contribution < -0.4 is 0 Å². The molecule has 6 aliphatic rings. The largest absolute Gasteiger partial charge is 0.349 e. The van der Waals surface area contributed by atoms with Gasteiger partial charge in [-0.15, -0.1) is 0 Å². The molecule has 4 aliphatic carbocycles. The van der Waals surface area contributed by atoms with Crippen molar-refractivity contribution in [3.05, 3.63) is 0 Å². The highest BCUT2D eigenvalue weighted by Gasteiger charge is 2.68. The fourth-order valence-corrected chi connectivity index (χ4v) is 10.3. The third-order valence-corrected chi connectivity index (χ3v) is 11.9. The Kier molecular flexibility index (Phi) is 4.37. The van der Waals surface area contributed by atoms with Crippen LogP contribution in [-0.4, -0.2) is 18.5 Å². The fraction of sp³-hybridized carbons (Fsp3) is 1.00. The molecule has 1 spiro atoms. The molecule has 2 heterocycles. The highest BCUT2D eigenvalue weighted by molar-refractivity contribution is 5.15. The van der Waals surface area contributed by atoms with Gasteiger partial charge in [0.2, 0.25) is 0 Å². The van der Waals surface area contributed by atoms with E-state index in [1.165, 1.54) is 64.2 Å². The van der Waals surface area contributed by atoms with Crippen LogP contribution in [0, 0.1) is 52.3 Å². The molecule has 0 N–H and O–H groups in total. The van der Waals surface area contributed by atoms with Crippen molar-refractivity contribution in [1.82, 2.24) is 0 Å². The van der Waals surface area contributed by atoms with E-state index >= 15 is 0 Å². The maximum Gasteiger partial charge on any atom is 0.171 e. The van der Waals surface area contributed by atoms with Crippen molar-refractivity contribution in [2.75, 3.05) is 6.61 Å². The summed E-state index contributed by atoms with van der Waals surface area (Å²) in [5, 5.41) is 0. The third-order valence-electron chi connectivity index (χ3n) is 11.9. The molecule has 0 amide bonds. The van der Waals surface area contributed by atoms with Crippen LogP contribution in [0.1, 0.15) is 98.3 Å². The van der Waals surface area contributed by atoms with E-state index in [4.69, 9.17) is 9.47 Å². The van der Waals surface area contributed by atoms with E-state index in [2.05, 4.69) is 27.7 Å². The van der Waals surface area contributed by atoms with Crippen LogP contribution in [0.5, 0.6) is 0 Å². The number of rotatable bonds is 0. The zero-order chi connectivity index (χ0) is 20.0. The minimum absolute atomic E-state index is 0.250. The van der Waals surface area contributed by atoms with Gasteiger partial charge in [0.1, 0.15) is 0 Å². The first kappa shape index (κ1) is 19.6. The highest BCUT2D eigenvalue weighted by atomic mass is 16.7. The van der Waals surface area contributed by atoms with E-state index in [0.29, 0.717) is 28.8 Å². The molecule has 2 aliphatic heterocycles. The molecule has 164 valence electrons. The monoisotopic (exact) mass is 400 g/mol. The summed E-state index contributed by atoms with van der Waals surface area (Å²) in [5.41, 5.74) is 1.13. The van der Waals surface area contributed by atoms with Crippen LogP contribution in [0.4, 0.5) is 0 Å². The van der Waals surface area contributed by atoms with E-state index in [0.717, 1.165) is 42.6 Å². The average molecular weight is 401 g/mol. The molecule has 29 heavy (non-hydrogen) atoms. The molecular formula is C27H44O2. The highest BCUT2D eigenvalue weighted by Crippen LogP contribution is 2.71. The van der Waals surface area contributed by atoms with Gasteiger partial charge >= 0.3 is 0 Å². The van der Waals surface area contributed by atoms with Crippen LogP contribution >= 0.6 is 0 Å². The quantitative estimate of drug-likeness (QED) is 0.444. The summed E-state index contributed by atoms with van der Waals surface area (Å²) in [4.78, 5) is 0. The molecule has 0 radical (unpaired) electrons. The Bertz CT molecular complexity index is 651. The van der Waals surface area contributed by atoms with Crippen molar-refractivity contribution in [2.24, 2.45) is 52.3 Å². The molecule has 6 rings (SSSR count). The fourth-order valence-electron chi connectivity index (χ4n) is 10.3. The standard InChI is InChI=1S/C27H44O2/c1-17-10-14-27(28-16-17)18(2)24-23(29-27)15-22-20-9-8-19-7-5-6-12-25(19,3)21(20)11-13-26(22,24)4/h17-24H,5-16H2,1-4H3/t17-,18-,19-,20+,21?,22-,23-,24-,25-,26-,27+/m0/s1. The first-order valence-corrected chi connectivity index (χ1v) is 13.2.